The molecule has 0 aliphatic rings. The Hall–Kier alpha value is -1.71. The first-order valence-corrected chi connectivity index (χ1v) is 7.29. The zero-order chi connectivity index (χ0) is 16.2. The van der Waals surface area contributed by atoms with Crippen molar-refractivity contribution in [2.24, 2.45) is 0 Å². The van der Waals surface area contributed by atoms with Gasteiger partial charge < -0.3 is 9.80 Å². The van der Waals surface area contributed by atoms with Gasteiger partial charge in [0.25, 0.3) is 11.6 Å². The Morgan fingerprint density at radius 1 is 1.33 bits per heavy atom. The number of nitrogens with zero attached hydrogens (tertiary/aromatic N) is 3. The zero-order valence-corrected chi connectivity index (χ0v) is 14.2. The minimum atomic E-state index is -0.548. The van der Waals surface area contributed by atoms with Crippen molar-refractivity contribution < 1.29 is 14.5 Å². The van der Waals surface area contributed by atoms with Crippen molar-refractivity contribution in [3.8, 4) is 0 Å². The molecule has 0 spiro atoms. The number of halogens is 1. The first-order valence-electron chi connectivity index (χ1n) is 6.21. The molecular formula is C13H16IN3O4. The number of carbonyl (C=O) groups excluding carboxylic acids is 2. The maximum Gasteiger partial charge on any atom is 0.270 e. The second-order valence-electron chi connectivity index (χ2n) is 4.53. The molecule has 0 N–H and O–H groups in total. The molecule has 0 radical (unpaired) electrons. The number of rotatable bonds is 5. The predicted octanol–water partition coefficient (Wildman–Crippen LogP) is 1.75. The average molecular weight is 405 g/mol. The molecule has 0 heterocycles. The van der Waals surface area contributed by atoms with Crippen molar-refractivity contribution >= 4 is 40.1 Å². The lowest BCUT2D eigenvalue weighted by Gasteiger charge is -2.22. The van der Waals surface area contributed by atoms with E-state index in [1.165, 1.54) is 28.0 Å². The monoisotopic (exact) mass is 405 g/mol. The largest absolute Gasteiger partial charge is 0.347 e. The number of hydrogen-bond donors (Lipinski definition) is 0. The van der Waals surface area contributed by atoms with E-state index in [0.717, 1.165) is 0 Å². The van der Waals surface area contributed by atoms with Gasteiger partial charge in [-0.25, -0.2) is 0 Å². The Balaban J connectivity index is 3.07. The minimum Gasteiger partial charge on any atom is -0.347 e. The standard InChI is InChI=1S/C13H16IN3O4/c1-4-16(8-12(18)15(2)3)13(19)10-7-9(17(20)21)5-6-11(10)14/h5-7H,4,8H2,1-3H3. The van der Waals surface area contributed by atoms with E-state index in [2.05, 4.69) is 0 Å². The predicted molar refractivity (Wildman–Crippen MR) is 86.1 cm³/mol. The lowest BCUT2D eigenvalue weighted by molar-refractivity contribution is -0.384. The van der Waals surface area contributed by atoms with E-state index in [-0.39, 0.29) is 29.6 Å². The molecule has 0 aromatic heterocycles. The van der Waals surface area contributed by atoms with E-state index >= 15 is 0 Å². The van der Waals surface area contributed by atoms with Crippen LogP contribution in [-0.2, 0) is 4.79 Å². The summed E-state index contributed by atoms with van der Waals surface area (Å²) in [5, 5.41) is 10.8. The highest BCUT2D eigenvalue weighted by atomic mass is 127. The fourth-order valence-corrected chi connectivity index (χ4v) is 2.16. The molecule has 2 amide bonds. The van der Waals surface area contributed by atoms with Gasteiger partial charge in [-0.2, -0.15) is 0 Å². The molecule has 0 saturated carbocycles. The Labute approximate surface area is 136 Å². The van der Waals surface area contributed by atoms with E-state index in [4.69, 9.17) is 0 Å². The number of hydrogen-bond acceptors (Lipinski definition) is 4. The lowest BCUT2D eigenvalue weighted by atomic mass is 10.1. The fraction of sp³-hybridized carbons (Fsp3) is 0.385. The number of nitro groups is 1. The van der Waals surface area contributed by atoms with Gasteiger partial charge in [-0.1, -0.05) is 0 Å². The summed E-state index contributed by atoms with van der Waals surface area (Å²) >= 11 is 1.95. The Morgan fingerprint density at radius 3 is 2.43 bits per heavy atom. The van der Waals surface area contributed by atoms with Crippen molar-refractivity contribution in [1.82, 2.24) is 9.80 Å². The quantitative estimate of drug-likeness (QED) is 0.425. The van der Waals surface area contributed by atoms with Crippen LogP contribution < -0.4 is 0 Å². The van der Waals surface area contributed by atoms with Gasteiger partial charge in [0.2, 0.25) is 5.91 Å². The smallest absolute Gasteiger partial charge is 0.270 e. The minimum absolute atomic E-state index is 0.0545. The Morgan fingerprint density at radius 2 is 1.95 bits per heavy atom. The number of amides is 2. The molecule has 0 atom stereocenters. The SMILES string of the molecule is CCN(CC(=O)N(C)C)C(=O)c1cc([N+](=O)[O-])ccc1I. The molecule has 1 aromatic carbocycles. The number of likely N-dealkylation sites (N-methyl/N-ethyl adjacent to an activating group) is 2. The van der Waals surface area contributed by atoms with Crippen LogP contribution in [0.4, 0.5) is 5.69 Å². The van der Waals surface area contributed by atoms with Crippen molar-refractivity contribution in [2.75, 3.05) is 27.2 Å². The van der Waals surface area contributed by atoms with Crippen LogP contribution in [0.15, 0.2) is 18.2 Å². The van der Waals surface area contributed by atoms with Crippen LogP contribution in [-0.4, -0.2) is 53.7 Å². The van der Waals surface area contributed by atoms with E-state index in [1.807, 2.05) is 22.6 Å². The van der Waals surface area contributed by atoms with E-state index in [1.54, 1.807) is 21.0 Å². The number of carbonyl (C=O) groups is 2. The summed E-state index contributed by atoms with van der Waals surface area (Å²) < 4.78 is 0.610. The van der Waals surface area contributed by atoms with E-state index < -0.39 is 4.92 Å². The molecule has 1 aromatic rings. The summed E-state index contributed by atoms with van der Waals surface area (Å²) in [6, 6.07) is 4.11. The van der Waals surface area contributed by atoms with Gasteiger partial charge in [0.05, 0.1) is 17.0 Å². The topological polar surface area (TPSA) is 83.8 Å². The van der Waals surface area contributed by atoms with E-state index in [9.17, 15) is 19.7 Å². The molecule has 0 unspecified atom stereocenters. The summed E-state index contributed by atoms with van der Waals surface area (Å²) in [7, 11) is 3.22. The summed E-state index contributed by atoms with van der Waals surface area (Å²) in [6.07, 6.45) is 0. The van der Waals surface area contributed by atoms with Crippen molar-refractivity contribution in [1.29, 1.82) is 0 Å². The van der Waals surface area contributed by atoms with Crippen LogP contribution in [0.1, 0.15) is 17.3 Å². The third-order valence-corrected chi connectivity index (χ3v) is 3.83. The van der Waals surface area contributed by atoms with Crippen LogP contribution in [0.3, 0.4) is 0 Å². The number of benzene rings is 1. The number of non-ortho nitro benzene ring substituents is 1. The molecule has 7 nitrogen and oxygen atoms in total. The van der Waals surface area contributed by atoms with Gasteiger partial charge in [-0.3, -0.25) is 19.7 Å². The first-order chi connectivity index (χ1) is 9.77. The second kappa shape index (κ2) is 7.34. The van der Waals surface area contributed by atoms with Crippen molar-refractivity contribution in [3.63, 3.8) is 0 Å². The van der Waals surface area contributed by atoms with Crippen LogP contribution >= 0.6 is 22.6 Å². The molecule has 0 saturated heterocycles. The van der Waals surface area contributed by atoms with Gasteiger partial charge in [-0.05, 0) is 35.6 Å². The molecule has 0 aliphatic heterocycles. The summed E-state index contributed by atoms with van der Waals surface area (Å²) in [4.78, 5) is 37.2. The molecule has 1 rings (SSSR count). The van der Waals surface area contributed by atoms with Crippen LogP contribution in [0.2, 0.25) is 0 Å². The first kappa shape index (κ1) is 17.3. The van der Waals surface area contributed by atoms with Gasteiger partial charge >= 0.3 is 0 Å². The molecule has 21 heavy (non-hydrogen) atoms. The number of nitro benzene ring substituents is 1. The van der Waals surface area contributed by atoms with Crippen molar-refractivity contribution in [2.45, 2.75) is 6.92 Å². The Bertz CT molecular complexity index is 575. The maximum atomic E-state index is 12.5. The third-order valence-electron chi connectivity index (χ3n) is 2.89. The van der Waals surface area contributed by atoms with Gasteiger partial charge in [0, 0.05) is 36.3 Å². The third kappa shape index (κ3) is 4.38. The highest BCUT2D eigenvalue weighted by molar-refractivity contribution is 14.1. The molecule has 0 aliphatic carbocycles. The molecule has 8 heteroatoms. The maximum absolute atomic E-state index is 12.5. The molecule has 0 fully saturated rings. The average Bonchev–Trinajstić information content (AvgIpc) is 2.43. The summed E-state index contributed by atoms with van der Waals surface area (Å²) in [5.74, 6) is -0.591. The highest BCUT2D eigenvalue weighted by Crippen LogP contribution is 2.21. The van der Waals surface area contributed by atoms with Crippen LogP contribution in [0.5, 0.6) is 0 Å². The normalized spacial score (nSPS) is 10.1. The van der Waals surface area contributed by atoms with Gasteiger partial charge in [0.15, 0.2) is 0 Å². The molecule has 114 valence electrons. The van der Waals surface area contributed by atoms with Gasteiger partial charge in [-0.15, -0.1) is 0 Å². The van der Waals surface area contributed by atoms with Gasteiger partial charge in [0.1, 0.15) is 0 Å². The Kier molecular flexibility index (Phi) is 6.06. The molecular weight excluding hydrogens is 389 g/mol. The second-order valence-corrected chi connectivity index (χ2v) is 5.69. The van der Waals surface area contributed by atoms with E-state index in [0.29, 0.717) is 10.1 Å². The zero-order valence-electron chi connectivity index (χ0n) is 12.0. The summed E-state index contributed by atoms with van der Waals surface area (Å²) in [5.41, 5.74) is 0.0898. The summed E-state index contributed by atoms with van der Waals surface area (Å²) in [6.45, 7) is 2.04. The fourth-order valence-electron chi connectivity index (χ4n) is 1.59. The van der Waals surface area contributed by atoms with Crippen LogP contribution in [0, 0.1) is 13.7 Å². The highest BCUT2D eigenvalue weighted by Gasteiger charge is 2.22. The van der Waals surface area contributed by atoms with Crippen molar-refractivity contribution in [3.05, 3.63) is 37.4 Å². The molecule has 0 bridgehead atoms. The van der Waals surface area contributed by atoms with Crippen LogP contribution in [0.25, 0.3) is 0 Å². The lowest BCUT2D eigenvalue weighted by Crippen LogP contribution is -2.40.